The van der Waals surface area contributed by atoms with Crippen LogP contribution in [-0.4, -0.2) is 42.4 Å². The van der Waals surface area contributed by atoms with Crippen LogP contribution in [0.2, 0.25) is 0 Å². The predicted molar refractivity (Wildman–Crippen MR) is 80.9 cm³/mol. The molecule has 3 nitrogen and oxygen atoms in total. The van der Waals surface area contributed by atoms with Crippen molar-refractivity contribution >= 4 is 17.3 Å². The summed E-state index contributed by atoms with van der Waals surface area (Å²) < 4.78 is 5.32. The molecule has 0 atom stereocenters. The molecule has 1 fully saturated rings. The van der Waals surface area contributed by atoms with Crippen molar-refractivity contribution in [2.45, 2.75) is 52.5 Å². The molecule has 0 saturated heterocycles. The van der Waals surface area contributed by atoms with Crippen molar-refractivity contribution in [2.24, 2.45) is 5.92 Å². The van der Waals surface area contributed by atoms with Crippen molar-refractivity contribution in [3.63, 3.8) is 0 Å². The number of ether oxygens (including phenoxy) is 1. The van der Waals surface area contributed by atoms with Crippen LogP contribution >= 0.6 is 12.2 Å². The average Bonchev–Trinajstić information content (AvgIpc) is 3.13. The van der Waals surface area contributed by atoms with Crippen molar-refractivity contribution in [1.82, 2.24) is 10.2 Å². The average molecular weight is 272 g/mol. The molecular weight excluding hydrogens is 244 g/mol. The van der Waals surface area contributed by atoms with E-state index in [0.717, 1.165) is 43.8 Å². The van der Waals surface area contributed by atoms with Crippen LogP contribution in [0.3, 0.4) is 0 Å². The monoisotopic (exact) mass is 272 g/mol. The molecule has 106 valence electrons. The maximum atomic E-state index is 5.50. The molecule has 0 aromatic rings. The van der Waals surface area contributed by atoms with E-state index in [0.29, 0.717) is 6.04 Å². The summed E-state index contributed by atoms with van der Waals surface area (Å²) in [7, 11) is 0. The normalized spacial score (nSPS) is 14.9. The highest BCUT2D eigenvalue weighted by Gasteiger charge is 2.30. The lowest BCUT2D eigenvalue weighted by Crippen LogP contribution is -2.42. The van der Waals surface area contributed by atoms with Gasteiger partial charge in [0.2, 0.25) is 0 Å². The number of rotatable bonds is 9. The third-order valence-electron chi connectivity index (χ3n) is 3.14. The molecule has 1 aliphatic rings. The van der Waals surface area contributed by atoms with Crippen molar-refractivity contribution in [3.8, 4) is 0 Å². The Hall–Kier alpha value is -0.350. The van der Waals surface area contributed by atoms with Gasteiger partial charge in [-0.3, -0.25) is 0 Å². The Balaban J connectivity index is 2.18. The van der Waals surface area contributed by atoms with Gasteiger partial charge in [0.05, 0.1) is 0 Å². The van der Waals surface area contributed by atoms with Gasteiger partial charge in [-0.2, -0.15) is 0 Å². The fraction of sp³-hybridized carbons (Fsp3) is 0.929. The first-order chi connectivity index (χ1) is 8.65. The summed E-state index contributed by atoms with van der Waals surface area (Å²) >= 11 is 5.50. The van der Waals surface area contributed by atoms with Crippen LogP contribution in [0.15, 0.2) is 0 Å². The molecule has 1 aliphatic carbocycles. The van der Waals surface area contributed by atoms with Crippen molar-refractivity contribution in [3.05, 3.63) is 0 Å². The van der Waals surface area contributed by atoms with E-state index < -0.39 is 0 Å². The zero-order valence-corrected chi connectivity index (χ0v) is 12.9. The molecule has 4 heteroatoms. The summed E-state index contributed by atoms with van der Waals surface area (Å²) in [5.74, 6) is 0.743. The first-order valence-corrected chi connectivity index (χ1v) is 7.68. The molecule has 0 aromatic heterocycles. The summed E-state index contributed by atoms with van der Waals surface area (Å²) in [5.41, 5.74) is 0. The molecule has 0 radical (unpaired) electrons. The first-order valence-electron chi connectivity index (χ1n) is 7.27. The van der Waals surface area contributed by atoms with Crippen molar-refractivity contribution in [1.29, 1.82) is 0 Å². The lowest BCUT2D eigenvalue weighted by molar-refractivity contribution is 0.145. The van der Waals surface area contributed by atoms with Gasteiger partial charge in [-0.1, -0.05) is 13.8 Å². The molecule has 1 rings (SSSR count). The fourth-order valence-corrected chi connectivity index (χ4v) is 2.19. The fourth-order valence-electron chi connectivity index (χ4n) is 1.85. The van der Waals surface area contributed by atoms with Crippen LogP contribution in [0.4, 0.5) is 0 Å². The van der Waals surface area contributed by atoms with Crippen molar-refractivity contribution in [2.75, 3.05) is 26.3 Å². The summed E-state index contributed by atoms with van der Waals surface area (Å²) in [4.78, 5) is 2.38. The summed E-state index contributed by atoms with van der Waals surface area (Å²) in [6, 6.07) is 0.704. The Kier molecular flexibility index (Phi) is 7.59. The highest BCUT2D eigenvalue weighted by molar-refractivity contribution is 7.80. The Morgan fingerprint density at radius 2 is 2.17 bits per heavy atom. The zero-order chi connectivity index (χ0) is 13.4. The van der Waals surface area contributed by atoms with Crippen LogP contribution in [-0.2, 0) is 4.74 Å². The maximum Gasteiger partial charge on any atom is 0.169 e. The number of thiocarbonyl (C=S) groups is 1. The van der Waals surface area contributed by atoms with Crippen LogP contribution in [0.1, 0.15) is 46.5 Å². The SMILES string of the molecule is CCOCCCNC(=S)N(CCC(C)C)C1CC1. The number of hydrogen-bond donors (Lipinski definition) is 1. The zero-order valence-electron chi connectivity index (χ0n) is 12.1. The molecule has 18 heavy (non-hydrogen) atoms. The summed E-state index contributed by atoms with van der Waals surface area (Å²) in [6.07, 6.45) is 4.85. The summed E-state index contributed by atoms with van der Waals surface area (Å²) in [5, 5.41) is 4.30. The van der Waals surface area contributed by atoms with E-state index in [1.165, 1.54) is 19.3 Å². The second kappa shape index (κ2) is 8.70. The maximum absolute atomic E-state index is 5.50. The molecule has 1 saturated carbocycles. The van der Waals surface area contributed by atoms with Crippen LogP contribution in [0, 0.1) is 5.92 Å². The molecule has 0 bridgehead atoms. The number of hydrogen-bond acceptors (Lipinski definition) is 2. The van der Waals surface area contributed by atoms with Gasteiger partial charge in [-0.25, -0.2) is 0 Å². The van der Waals surface area contributed by atoms with Crippen LogP contribution < -0.4 is 5.32 Å². The number of nitrogens with one attached hydrogen (secondary N) is 1. The lowest BCUT2D eigenvalue weighted by Gasteiger charge is -2.26. The van der Waals surface area contributed by atoms with Crippen LogP contribution in [0.25, 0.3) is 0 Å². The molecule has 0 aromatic carbocycles. The Labute approximate surface area is 117 Å². The van der Waals surface area contributed by atoms with E-state index in [1.54, 1.807) is 0 Å². The third-order valence-corrected chi connectivity index (χ3v) is 3.52. The van der Waals surface area contributed by atoms with E-state index in [1.807, 2.05) is 6.92 Å². The van der Waals surface area contributed by atoms with E-state index in [4.69, 9.17) is 17.0 Å². The lowest BCUT2D eigenvalue weighted by atomic mass is 10.1. The molecule has 0 unspecified atom stereocenters. The first kappa shape index (κ1) is 15.7. The Morgan fingerprint density at radius 3 is 2.72 bits per heavy atom. The highest BCUT2D eigenvalue weighted by atomic mass is 32.1. The van der Waals surface area contributed by atoms with Gasteiger partial charge in [0.1, 0.15) is 0 Å². The molecular formula is C14H28N2OS. The third kappa shape index (κ3) is 6.55. The predicted octanol–water partition coefficient (Wildman–Crippen LogP) is 2.80. The smallest absolute Gasteiger partial charge is 0.169 e. The molecule has 0 aliphatic heterocycles. The van der Waals surface area contributed by atoms with Gasteiger partial charge in [0.25, 0.3) is 0 Å². The van der Waals surface area contributed by atoms with Gasteiger partial charge in [0, 0.05) is 32.3 Å². The standard InChI is InChI=1S/C14H28N2OS/c1-4-17-11-5-9-15-14(18)16(13-6-7-13)10-8-12(2)3/h12-13H,4-11H2,1-3H3,(H,15,18). The van der Waals surface area contributed by atoms with Crippen molar-refractivity contribution < 1.29 is 4.74 Å². The molecule has 0 heterocycles. The molecule has 0 amide bonds. The van der Waals surface area contributed by atoms with Crippen LogP contribution in [0.5, 0.6) is 0 Å². The Morgan fingerprint density at radius 1 is 1.44 bits per heavy atom. The molecule has 0 spiro atoms. The van der Waals surface area contributed by atoms with Gasteiger partial charge in [0.15, 0.2) is 5.11 Å². The summed E-state index contributed by atoms with van der Waals surface area (Å²) in [6.45, 7) is 10.2. The topological polar surface area (TPSA) is 24.5 Å². The Bertz CT molecular complexity index is 242. The second-order valence-electron chi connectivity index (χ2n) is 5.39. The largest absolute Gasteiger partial charge is 0.382 e. The highest BCUT2D eigenvalue weighted by Crippen LogP contribution is 2.27. The second-order valence-corrected chi connectivity index (χ2v) is 5.78. The minimum atomic E-state index is 0.704. The van der Waals surface area contributed by atoms with E-state index in [-0.39, 0.29) is 0 Å². The molecule has 1 N–H and O–H groups in total. The van der Waals surface area contributed by atoms with Gasteiger partial charge >= 0.3 is 0 Å². The van der Waals surface area contributed by atoms with E-state index >= 15 is 0 Å². The van der Waals surface area contributed by atoms with Gasteiger partial charge < -0.3 is 15.0 Å². The van der Waals surface area contributed by atoms with Gasteiger partial charge in [-0.05, 0) is 50.7 Å². The van der Waals surface area contributed by atoms with Gasteiger partial charge in [-0.15, -0.1) is 0 Å². The van der Waals surface area contributed by atoms with E-state index in [9.17, 15) is 0 Å². The minimum Gasteiger partial charge on any atom is -0.382 e. The van der Waals surface area contributed by atoms with E-state index in [2.05, 4.69) is 24.1 Å². The quantitative estimate of drug-likeness (QED) is 0.515. The number of nitrogens with zero attached hydrogens (tertiary/aromatic N) is 1. The minimum absolute atomic E-state index is 0.704.